The Labute approximate surface area is 95.6 Å². The van der Waals surface area contributed by atoms with Gasteiger partial charge in [-0.1, -0.05) is 6.07 Å². The lowest BCUT2D eigenvalue weighted by atomic mass is 10.0. The Morgan fingerprint density at radius 1 is 1.07 bits per heavy atom. The highest BCUT2D eigenvalue weighted by molar-refractivity contribution is 7.80. The first kappa shape index (κ1) is 10.2. The summed E-state index contributed by atoms with van der Waals surface area (Å²) in [6.07, 6.45) is 1.85. The molecule has 0 amide bonds. The SMILES string of the molecule is Cc1cc(-c2ccc(S)cc2C)ccn1. The van der Waals surface area contributed by atoms with Crippen LogP contribution in [-0.4, -0.2) is 4.98 Å². The Hall–Kier alpha value is -1.28. The summed E-state index contributed by atoms with van der Waals surface area (Å²) in [5.41, 5.74) is 4.75. The molecule has 76 valence electrons. The Bertz CT molecular complexity index is 492. The Kier molecular flexibility index (Phi) is 2.78. The molecule has 1 aromatic heterocycles. The molecule has 0 aliphatic carbocycles. The molecule has 0 bridgehead atoms. The first-order valence-corrected chi connectivity index (χ1v) is 5.34. The van der Waals surface area contributed by atoms with Gasteiger partial charge in [-0.3, -0.25) is 4.98 Å². The Morgan fingerprint density at radius 2 is 1.87 bits per heavy atom. The number of nitrogens with zero attached hydrogens (tertiary/aromatic N) is 1. The molecule has 2 rings (SSSR count). The summed E-state index contributed by atoms with van der Waals surface area (Å²) in [4.78, 5) is 5.20. The summed E-state index contributed by atoms with van der Waals surface area (Å²) in [5, 5.41) is 0. The van der Waals surface area contributed by atoms with Crippen LogP contribution in [0.25, 0.3) is 11.1 Å². The minimum Gasteiger partial charge on any atom is -0.262 e. The van der Waals surface area contributed by atoms with Crippen LogP contribution in [0.4, 0.5) is 0 Å². The zero-order valence-corrected chi connectivity index (χ0v) is 9.75. The Balaban J connectivity index is 2.54. The van der Waals surface area contributed by atoms with Crippen LogP contribution < -0.4 is 0 Å². The molecule has 1 nitrogen and oxygen atoms in total. The third-order valence-electron chi connectivity index (χ3n) is 2.42. The van der Waals surface area contributed by atoms with Gasteiger partial charge in [0.1, 0.15) is 0 Å². The third-order valence-corrected chi connectivity index (χ3v) is 2.70. The van der Waals surface area contributed by atoms with Gasteiger partial charge in [-0.05, 0) is 54.8 Å². The molecule has 0 N–H and O–H groups in total. The number of aromatic nitrogens is 1. The maximum absolute atomic E-state index is 4.32. The van der Waals surface area contributed by atoms with E-state index in [0.29, 0.717) is 0 Å². The van der Waals surface area contributed by atoms with Crippen molar-refractivity contribution in [3.05, 3.63) is 47.8 Å². The molecule has 2 aromatic rings. The number of rotatable bonds is 1. The van der Waals surface area contributed by atoms with Crippen LogP contribution in [0.1, 0.15) is 11.3 Å². The summed E-state index contributed by atoms with van der Waals surface area (Å²) >= 11 is 4.32. The van der Waals surface area contributed by atoms with Gasteiger partial charge in [0.25, 0.3) is 0 Å². The second-order valence-electron chi connectivity index (χ2n) is 3.69. The highest BCUT2D eigenvalue weighted by Crippen LogP contribution is 2.25. The zero-order valence-electron chi connectivity index (χ0n) is 8.86. The minimum absolute atomic E-state index is 1.00. The van der Waals surface area contributed by atoms with Gasteiger partial charge in [-0.15, -0.1) is 12.6 Å². The van der Waals surface area contributed by atoms with Gasteiger partial charge in [-0.2, -0.15) is 0 Å². The normalized spacial score (nSPS) is 10.3. The van der Waals surface area contributed by atoms with Crippen LogP contribution in [0, 0.1) is 13.8 Å². The van der Waals surface area contributed by atoms with Gasteiger partial charge in [0.2, 0.25) is 0 Å². The smallest absolute Gasteiger partial charge is 0.0378 e. The fraction of sp³-hybridized carbons (Fsp3) is 0.154. The molecule has 1 aromatic carbocycles. The van der Waals surface area contributed by atoms with Crippen molar-refractivity contribution in [1.82, 2.24) is 4.98 Å². The van der Waals surface area contributed by atoms with Crippen LogP contribution in [0.3, 0.4) is 0 Å². The molecule has 0 unspecified atom stereocenters. The van der Waals surface area contributed by atoms with E-state index in [1.165, 1.54) is 16.7 Å². The summed E-state index contributed by atoms with van der Waals surface area (Å²) in [5.74, 6) is 0. The van der Waals surface area contributed by atoms with Crippen LogP contribution >= 0.6 is 12.6 Å². The second-order valence-corrected chi connectivity index (χ2v) is 4.20. The minimum atomic E-state index is 1.00. The summed E-state index contributed by atoms with van der Waals surface area (Å²) < 4.78 is 0. The van der Waals surface area contributed by atoms with Crippen molar-refractivity contribution in [2.24, 2.45) is 0 Å². The summed E-state index contributed by atoms with van der Waals surface area (Å²) in [7, 11) is 0. The molecule has 0 radical (unpaired) electrons. The first-order chi connectivity index (χ1) is 7.16. The van der Waals surface area contributed by atoms with E-state index in [0.717, 1.165) is 10.6 Å². The molecule has 15 heavy (non-hydrogen) atoms. The summed E-state index contributed by atoms with van der Waals surface area (Å²) in [6.45, 7) is 4.11. The van der Waals surface area contributed by atoms with Crippen molar-refractivity contribution in [2.45, 2.75) is 18.7 Å². The number of hydrogen-bond donors (Lipinski definition) is 1. The maximum Gasteiger partial charge on any atom is 0.0378 e. The average Bonchev–Trinajstić information content (AvgIpc) is 2.17. The lowest BCUT2D eigenvalue weighted by Crippen LogP contribution is -1.86. The fourth-order valence-electron chi connectivity index (χ4n) is 1.68. The Morgan fingerprint density at radius 3 is 2.53 bits per heavy atom. The van der Waals surface area contributed by atoms with E-state index in [1.54, 1.807) is 0 Å². The van der Waals surface area contributed by atoms with E-state index < -0.39 is 0 Å². The number of aryl methyl sites for hydroxylation is 2. The van der Waals surface area contributed by atoms with Crippen LogP contribution in [0.2, 0.25) is 0 Å². The first-order valence-electron chi connectivity index (χ1n) is 4.89. The number of benzene rings is 1. The standard InChI is InChI=1S/C13H13NS/c1-9-7-12(15)3-4-13(9)11-5-6-14-10(2)8-11/h3-8,15H,1-2H3. The van der Waals surface area contributed by atoms with E-state index in [2.05, 4.69) is 42.7 Å². The third kappa shape index (κ3) is 2.21. The molecular weight excluding hydrogens is 202 g/mol. The van der Waals surface area contributed by atoms with Crippen molar-refractivity contribution in [2.75, 3.05) is 0 Å². The van der Waals surface area contributed by atoms with Crippen LogP contribution in [0.5, 0.6) is 0 Å². The zero-order chi connectivity index (χ0) is 10.8. The summed E-state index contributed by atoms with van der Waals surface area (Å²) in [6, 6.07) is 10.3. The largest absolute Gasteiger partial charge is 0.262 e. The van der Waals surface area contributed by atoms with Crippen molar-refractivity contribution >= 4 is 12.6 Å². The van der Waals surface area contributed by atoms with E-state index in [1.807, 2.05) is 25.3 Å². The van der Waals surface area contributed by atoms with Crippen LogP contribution in [0.15, 0.2) is 41.4 Å². The topological polar surface area (TPSA) is 12.9 Å². The van der Waals surface area contributed by atoms with Crippen molar-refractivity contribution in [3.63, 3.8) is 0 Å². The number of pyridine rings is 1. The van der Waals surface area contributed by atoms with Gasteiger partial charge in [0.15, 0.2) is 0 Å². The fourth-order valence-corrected chi connectivity index (χ4v) is 1.95. The number of hydrogen-bond acceptors (Lipinski definition) is 2. The molecule has 2 heteroatoms. The lowest BCUT2D eigenvalue weighted by molar-refractivity contribution is 1.20. The molecule has 0 saturated carbocycles. The van der Waals surface area contributed by atoms with E-state index >= 15 is 0 Å². The number of thiol groups is 1. The molecule has 0 atom stereocenters. The molecular formula is C13H13NS. The quantitative estimate of drug-likeness (QED) is 0.716. The van der Waals surface area contributed by atoms with Crippen molar-refractivity contribution in [3.8, 4) is 11.1 Å². The van der Waals surface area contributed by atoms with E-state index in [4.69, 9.17) is 0 Å². The van der Waals surface area contributed by atoms with Crippen molar-refractivity contribution in [1.29, 1.82) is 0 Å². The van der Waals surface area contributed by atoms with E-state index in [9.17, 15) is 0 Å². The molecule has 0 spiro atoms. The van der Waals surface area contributed by atoms with Crippen LogP contribution in [-0.2, 0) is 0 Å². The highest BCUT2D eigenvalue weighted by atomic mass is 32.1. The maximum atomic E-state index is 4.32. The molecule has 0 aliphatic rings. The van der Waals surface area contributed by atoms with Gasteiger partial charge in [-0.25, -0.2) is 0 Å². The average molecular weight is 215 g/mol. The molecule has 1 heterocycles. The van der Waals surface area contributed by atoms with Gasteiger partial charge in [0, 0.05) is 16.8 Å². The van der Waals surface area contributed by atoms with E-state index in [-0.39, 0.29) is 0 Å². The lowest BCUT2D eigenvalue weighted by Gasteiger charge is -2.07. The monoisotopic (exact) mass is 215 g/mol. The van der Waals surface area contributed by atoms with Gasteiger partial charge < -0.3 is 0 Å². The van der Waals surface area contributed by atoms with Crippen molar-refractivity contribution < 1.29 is 0 Å². The highest BCUT2D eigenvalue weighted by Gasteiger charge is 2.02. The molecule has 0 saturated heterocycles. The predicted molar refractivity (Wildman–Crippen MR) is 66.4 cm³/mol. The molecule has 0 fully saturated rings. The predicted octanol–water partition coefficient (Wildman–Crippen LogP) is 3.65. The van der Waals surface area contributed by atoms with Gasteiger partial charge >= 0.3 is 0 Å². The molecule has 0 aliphatic heterocycles. The van der Waals surface area contributed by atoms with Gasteiger partial charge in [0.05, 0.1) is 0 Å². The second kappa shape index (κ2) is 4.07.